The summed E-state index contributed by atoms with van der Waals surface area (Å²) < 4.78 is 6.32. The maximum absolute atomic E-state index is 13.1. The van der Waals surface area contributed by atoms with Gasteiger partial charge < -0.3 is 14.7 Å². The summed E-state index contributed by atoms with van der Waals surface area (Å²) in [6.07, 6.45) is 6.56. The normalized spacial score (nSPS) is 24.8. The fourth-order valence-electron chi connectivity index (χ4n) is 5.05. The van der Waals surface area contributed by atoms with Crippen molar-refractivity contribution in [2.24, 2.45) is 5.92 Å². The number of piperazine rings is 1. The Kier molecular flexibility index (Phi) is 8.20. The maximum Gasteiger partial charge on any atom is 0.327 e. The minimum absolute atomic E-state index is 0.0157. The quantitative estimate of drug-likeness (QED) is 0.445. The molecule has 0 saturated carbocycles. The molecule has 2 fully saturated rings. The molecule has 2 saturated heterocycles. The van der Waals surface area contributed by atoms with E-state index in [1.54, 1.807) is 18.1 Å². The molecule has 0 spiro atoms. The van der Waals surface area contributed by atoms with Crippen LogP contribution in [-0.4, -0.2) is 82.9 Å². The Morgan fingerprint density at radius 2 is 1.94 bits per heavy atom. The third kappa shape index (κ3) is 5.58. The van der Waals surface area contributed by atoms with Crippen LogP contribution in [0.5, 0.6) is 5.75 Å². The second-order valence-electron chi connectivity index (χ2n) is 9.93. The molecule has 4 rings (SSSR count). The summed E-state index contributed by atoms with van der Waals surface area (Å²) in [4.78, 5) is 33.2. The number of pyridine rings is 1. The zero-order chi connectivity index (χ0) is 24.9. The van der Waals surface area contributed by atoms with Crippen LogP contribution in [0.15, 0.2) is 36.7 Å². The van der Waals surface area contributed by atoms with E-state index in [1.807, 2.05) is 30.5 Å². The van der Waals surface area contributed by atoms with Gasteiger partial charge in [0.15, 0.2) is 0 Å². The van der Waals surface area contributed by atoms with Crippen molar-refractivity contribution in [1.29, 1.82) is 0 Å². The number of carbonyl (C=O) groups excluding carboxylic acids is 2. The number of aliphatic hydroxyl groups excluding tert-OH is 1. The molecule has 1 aromatic carbocycles. The average molecular weight is 484 g/mol. The Balaban J connectivity index is 1.55. The fourth-order valence-corrected chi connectivity index (χ4v) is 5.05. The summed E-state index contributed by atoms with van der Waals surface area (Å²) in [5.74, 6) is 0.828. The zero-order valence-electron chi connectivity index (χ0n) is 20.8. The highest BCUT2D eigenvalue weighted by molar-refractivity contribution is 6.00. The molecule has 9 heteroatoms. The standard InChI is InChI=1S/C26H37N5O4/c1-17(2)15-31-24-23(25(33)30(3)26(31)34)28-20(9-5-4-6-13-32)21(29-24)16-35-22-10-7-8-18-14-27-12-11-19(18)22/h7-8,10-12,14,17,20-21,23-24,28-29,32H,4-6,9,13,15-16H2,1-3H3. The molecule has 3 amide bonds. The molecule has 9 nitrogen and oxygen atoms in total. The van der Waals surface area contributed by atoms with Crippen LogP contribution < -0.4 is 15.4 Å². The Bertz CT molecular complexity index is 1030. The van der Waals surface area contributed by atoms with Crippen molar-refractivity contribution in [2.45, 2.75) is 63.8 Å². The van der Waals surface area contributed by atoms with E-state index in [1.165, 1.54) is 4.90 Å². The van der Waals surface area contributed by atoms with Crippen molar-refractivity contribution in [3.63, 3.8) is 0 Å². The second-order valence-corrected chi connectivity index (χ2v) is 9.93. The van der Waals surface area contributed by atoms with Gasteiger partial charge in [0, 0.05) is 49.4 Å². The topological polar surface area (TPSA) is 107 Å². The third-order valence-corrected chi connectivity index (χ3v) is 6.84. The number of likely N-dealkylation sites (N-methyl/N-ethyl adjacent to an activating group) is 1. The minimum Gasteiger partial charge on any atom is -0.491 e. The number of rotatable bonds is 10. The van der Waals surface area contributed by atoms with Gasteiger partial charge in [0.25, 0.3) is 5.91 Å². The van der Waals surface area contributed by atoms with E-state index in [-0.39, 0.29) is 36.5 Å². The molecule has 1 aromatic heterocycles. The fraction of sp³-hybridized carbons (Fsp3) is 0.577. The molecule has 4 atom stereocenters. The number of hydrogen-bond donors (Lipinski definition) is 3. The van der Waals surface area contributed by atoms with E-state index in [4.69, 9.17) is 9.84 Å². The van der Waals surface area contributed by atoms with Crippen molar-refractivity contribution < 1.29 is 19.4 Å². The first kappa shape index (κ1) is 25.3. The number of aromatic nitrogens is 1. The van der Waals surface area contributed by atoms with Gasteiger partial charge in [0.1, 0.15) is 24.6 Å². The lowest BCUT2D eigenvalue weighted by Gasteiger charge is -2.51. The molecule has 3 N–H and O–H groups in total. The van der Waals surface area contributed by atoms with Crippen molar-refractivity contribution in [3.05, 3.63) is 36.7 Å². The molecule has 0 aliphatic carbocycles. The zero-order valence-corrected chi connectivity index (χ0v) is 20.8. The smallest absolute Gasteiger partial charge is 0.327 e. The first-order valence-corrected chi connectivity index (χ1v) is 12.6. The number of carbonyl (C=O) groups is 2. The van der Waals surface area contributed by atoms with Crippen molar-refractivity contribution in [1.82, 2.24) is 25.4 Å². The number of amides is 3. The molecular formula is C26H37N5O4. The molecule has 2 aromatic rings. The lowest BCUT2D eigenvalue weighted by molar-refractivity contribution is -0.138. The number of benzene rings is 1. The van der Waals surface area contributed by atoms with E-state index in [0.717, 1.165) is 42.2 Å². The van der Waals surface area contributed by atoms with Crippen LogP contribution in [0.4, 0.5) is 4.79 Å². The number of urea groups is 1. The molecule has 0 radical (unpaired) electrons. The summed E-state index contributed by atoms with van der Waals surface area (Å²) in [5.41, 5.74) is 0. The molecule has 35 heavy (non-hydrogen) atoms. The molecule has 4 unspecified atom stereocenters. The van der Waals surface area contributed by atoms with Crippen LogP contribution in [0.25, 0.3) is 10.8 Å². The minimum atomic E-state index is -0.515. The van der Waals surface area contributed by atoms with Crippen molar-refractivity contribution in [3.8, 4) is 5.75 Å². The van der Waals surface area contributed by atoms with Gasteiger partial charge in [0.05, 0.1) is 6.04 Å². The Morgan fingerprint density at radius 3 is 2.71 bits per heavy atom. The van der Waals surface area contributed by atoms with Crippen molar-refractivity contribution in [2.75, 3.05) is 26.8 Å². The van der Waals surface area contributed by atoms with Crippen LogP contribution >= 0.6 is 0 Å². The summed E-state index contributed by atoms with van der Waals surface area (Å²) in [6.45, 7) is 5.25. The Hall–Kier alpha value is -2.75. The highest BCUT2D eigenvalue weighted by atomic mass is 16.5. The molecule has 190 valence electrons. The highest BCUT2D eigenvalue weighted by Crippen LogP contribution is 2.27. The van der Waals surface area contributed by atoms with Crippen molar-refractivity contribution >= 4 is 22.7 Å². The largest absolute Gasteiger partial charge is 0.491 e. The predicted octanol–water partition coefficient (Wildman–Crippen LogP) is 2.34. The van der Waals surface area contributed by atoms with E-state index in [2.05, 4.69) is 29.5 Å². The van der Waals surface area contributed by atoms with Gasteiger partial charge in [0.2, 0.25) is 0 Å². The third-order valence-electron chi connectivity index (χ3n) is 6.84. The molecule has 2 aliphatic rings. The average Bonchev–Trinajstić information content (AvgIpc) is 2.86. The lowest BCUT2D eigenvalue weighted by Crippen LogP contribution is -2.79. The predicted molar refractivity (Wildman–Crippen MR) is 134 cm³/mol. The lowest BCUT2D eigenvalue weighted by atomic mass is 9.93. The number of nitrogens with zero attached hydrogens (tertiary/aromatic N) is 3. The second kappa shape index (κ2) is 11.3. The summed E-state index contributed by atoms with van der Waals surface area (Å²) in [5, 5.41) is 18.3. The van der Waals surface area contributed by atoms with Crippen LogP contribution in [0.3, 0.4) is 0 Å². The first-order valence-electron chi connectivity index (χ1n) is 12.6. The van der Waals surface area contributed by atoms with Crippen LogP contribution in [0.1, 0.15) is 39.5 Å². The summed E-state index contributed by atoms with van der Waals surface area (Å²) >= 11 is 0. The van der Waals surface area contributed by atoms with Crippen LogP contribution in [0, 0.1) is 5.92 Å². The van der Waals surface area contributed by atoms with E-state index < -0.39 is 12.2 Å². The molecule has 2 aliphatic heterocycles. The van der Waals surface area contributed by atoms with E-state index in [9.17, 15) is 9.59 Å². The molecule has 0 bridgehead atoms. The molecule has 3 heterocycles. The van der Waals surface area contributed by atoms with E-state index in [0.29, 0.717) is 13.2 Å². The first-order chi connectivity index (χ1) is 16.9. The summed E-state index contributed by atoms with van der Waals surface area (Å²) in [6, 6.07) is 6.93. The number of aliphatic hydroxyl groups is 1. The van der Waals surface area contributed by atoms with Crippen LogP contribution in [0.2, 0.25) is 0 Å². The van der Waals surface area contributed by atoms with Gasteiger partial charge in [-0.1, -0.05) is 38.8 Å². The number of imide groups is 1. The van der Waals surface area contributed by atoms with Crippen LogP contribution in [-0.2, 0) is 4.79 Å². The van der Waals surface area contributed by atoms with Gasteiger partial charge in [-0.05, 0) is 30.9 Å². The van der Waals surface area contributed by atoms with E-state index >= 15 is 0 Å². The Labute approximate surface area is 206 Å². The highest BCUT2D eigenvalue weighted by Gasteiger charge is 2.50. The van der Waals surface area contributed by atoms with Gasteiger partial charge in [-0.2, -0.15) is 0 Å². The number of fused-ring (bicyclic) bond motifs is 2. The Morgan fingerprint density at radius 1 is 1.11 bits per heavy atom. The molecular weight excluding hydrogens is 446 g/mol. The number of ether oxygens (including phenoxy) is 1. The van der Waals surface area contributed by atoms with Gasteiger partial charge >= 0.3 is 6.03 Å². The maximum atomic E-state index is 13.1. The van der Waals surface area contributed by atoms with Gasteiger partial charge in [-0.25, -0.2) is 4.79 Å². The SMILES string of the molecule is CC(C)CN1C(=O)N(C)C(=O)C2NC(CCCCCO)C(COc3cccc4cnccc34)NC21. The van der Waals surface area contributed by atoms with Gasteiger partial charge in [-0.15, -0.1) is 0 Å². The monoisotopic (exact) mass is 483 g/mol. The van der Waals surface area contributed by atoms with Gasteiger partial charge in [-0.3, -0.25) is 25.3 Å². The number of hydrogen-bond acceptors (Lipinski definition) is 7. The number of nitrogens with one attached hydrogen (secondary N) is 2. The number of unbranched alkanes of at least 4 members (excludes halogenated alkanes) is 2. The summed E-state index contributed by atoms with van der Waals surface area (Å²) in [7, 11) is 1.55.